The molecule has 1 fully saturated rings. The predicted octanol–water partition coefficient (Wildman–Crippen LogP) is 1.70. The van der Waals surface area contributed by atoms with Crippen molar-refractivity contribution in [3.05, 3.63) is 24.0 Å². The number of hydrogen-bond donors (Lipinski definition) is 1. The highest BCUT2D eigenvalue weighted by molar-refractivity contribution is 5.56. The summed E-state index contributed by atoms with van der Waals surface area (Å²) in [4.78, 5) is 2.13. The van der Waals surface area contributed by atoms with Gasteiger partial charge < -0.3 is 15.0 Å². The molecular weight excluding hydrogens is 195 g/mol. The van der Waals surface area contributed by atoms with Gasteiger partial charge in [-0.05, 0) is 18.2 Å². The van der Waals surface area contributed by atoms with Crippen molar-refractivity contribution in [2.24, 2.45) is 0 Å². The standard InChI is InChI=1S/C11H15FN2O/c1-13-11-3-2-9(8-10(11)12)14-4-6-15-7-5-14/h2-3,8,13H,4-7H2,1H3. The molecule has 0 radical (unpaired) electrons. The number of halogens is 1. The van der Waals surface area contributed by atoms with Gasteiger partial charge in [0.05, 0.1) is 18.9 Å². The van der Waals surface area contributed by atoms with Gasteiger partial charge in [0, 0.05) is 25.8 Å². The van der Waals surface area contributed by atoms with Gasteiger partial charge in [0.25, 0.3) is 0 Å². The van der Waals surface area contributed by atoms with E-state index in [-0.39, 0.29) is 5.82 Å². The van der Waals surface area contributed by atoms with Gasteiger partial charge in [-0.15, -0.1) is 0 Å². The lowest BCUT2D eigenvalue weighted by molar-refractivity contribution is 0.122. The Hall–Kier alpha value is -1.29. The third-order valence-electron chi connectivity index (χ3n) is 2.60. The smallest absolute Gasteiger partial charge is 0.148 e. The second kappa shape index (κ2) is 4.49. The zero-order valence-electron chi connectivity index (χ0n) is 8.79. The normalized spacial score (nSPS) is 16.5. The van der Waals surface area contributed by atoms with E-state index in [1.807, 2.05) is 6.07 Å². The Morgan fingerprint density at radius 3 is 2.67 bits per heavy atom. The van der Waals surface area contributed by atoms with E-state index in [4.69, 9.17) is 4.74 Å². The van der Waals surface area contributed by atoms with E-state index in [0.29, 0.717) is 5.69 Å². The molecule has 0 bridgehead atoms. The van der Waals surface area contributed by atoms with Gasteiger partial charge in [-0.1, -0.05) is 0 Å². The molecule has 0 aliphatic carbocycles. The summed E-state index contributed by atoms with van der Waals surface area (Å²) in [5, 5.41) is 2.81. The number of nitrogens with one attached hydrogen (secondary N) is 1. The van der Waals surface area contributed by atoms with E-state index in [9.17, 15) is 4.39 Å². The Balaban J connectivity index is 2.17. The Morgan fingerprint density at radius 1 is 1.33 bits per heavy atom. The number of rotatable bonds is 2. The quantitative estimate of drug-likeness (QED) is 0.804. The van der Waals surface area contributed by atoms with E-state index < -0.39 is 0 Å². The molecule has 1 aromatic rings. The molecule has 4 heteroatoms. The van der Waals surface area contributed by atoms with Gasteiger partial charge in [0.15, 0.2) is 0 Å². The molecule has 1 aliphatic heterocycles. The van der Waals surface area contributed by atoms with Crippen molar-refractivity contribution in [3.63, 3.8) is 0 Å². The predicted molar refractivity (Wildman–Crippen MR) is 59.0 cm³/mol. The first-order valence-corrected chi connectivity index (χ1v) is 5.11. The van der Waals surface area contributed by atoms with Crippen LogP contribution in [0.4, 0.5) is 15.8 Å². The molecule has 0 atom stereocenters. The van der Waals surface area contributed by atoms with Crippen molar-refractivity contribution in [2.45, 2.75) is 0 Å². The average Bonchev–Trinajstić information content (AvgIpc) is 2.30. The maximum atomic E-state index is 13.5. The Labute approximate surface area is 88.8 Å². The van der Waals surface area contributed by atoms with Crippen LogP contribution < -0.4 is 10.2 Å². The Kier molecular flexibility index (Phi) is 3.06. The van der Waals surface area contributed by atoms with Crippen LogP contribution >= 0.6 is 0 Å². The summed E-state index contributed by atoms with van der Waals surface area (Å²) in [6.45, 7) is 3.10. The summed E-state index contributed by atoms with van der Waals surface area (Å²) in [6.07, 6.45) is 0. The minimum Gasteiger partial charge on any atom is -0.386 e. The zero-order valence-corrected chi connectivity index (χ0v) is 8.79. The van der Waals surface area contributed by atoms with Crippen molar-refractivity contribution in [3.8, 4) is 0 Å². The van der Waals surface area contributed by atoms with Crippen LogP contribution in [0.25, 0.3) is 0 Å². The second-order valence-electron chi connectivity index (χ2n) is 3.51. The maximum absolute atomic E-state index is 13.5. The van der Waals surface area contributed by atoms with E-state index in [1.54, 1.807) is 19.2 Å². The zero-order chi connectivity index (χ0) is 10.7. The molecule has 1 aromatic carbocycles. The summed E-state index contributed by atoms with van der Waals surface area (Å²) >= 11 is 0. The van der Waals surface area contributed by atoms with Gasteiger partial charge in [0.2, 0.25) is 0 Å². The molecule has 1 N–H and O–H groups in total. The van der Waals surface area contributed by atoms with Crippen molar-refractivity contribution in [2.75, 3.05) is 43.6 Å². The van der Waals surface area contributed by atoms with Crippen LogP contribution in [0.3, 0.4) is 0 Å². The Bertz CT molecular complexity index is 337. The van der Waals surface area contributed by atoms with Crippen molar-refractivity contribution < 1.29 is 9.13 Å². The van der Waals surface area contributed by atoms with Gasteiger partial charge in [-0.3, -0.25) is 0 Å². The number of benzene rings is 1. The average molecular weight is 210 g/mol. The fourth-order valence-corrected chi connectivity index (χ4v) is 1.73. The second-order valence-corrected chi connectivity index (χ2v) is 3.51. The molecule has 0 aromatic heterocycles. The van der Waals surface area contributed by atoms with E-state index in [1.165, 1.54) is 0 Å². The first-order valence-electron chi connectivity index (χ1n) is 5.11. The van der Waals surface area contributed by atoms with Gasteiger partial charge >= 0.3 is 0 Å². The van der Waals surface area contributed by atoms with Crippen LogP contribution in [0.1, 0.15) is 0 Å². The lowest BCUT2D eigenvalue weighted by Gasteiger charge is -2.29. The van der Waals surface area contributed by atoms with Crippen LogP contribution in [-0.4, -0.2) is 33.4 Å². The first-order chi connectivity index (χ1) is 7.31. The number of hydrogen-bond acceptors (Lipinski definition) is 3. The highest BCUT2D eigenvalue weighted by Gasteiger charge is 2.12. The molecular formula is C11H15FN2O. The van der Waals surface area contributed by atoms with Gasteiger partial charge in [-0.2, -0.15) is 0 Å². The van der Waals surface area contributed by atoms with Crippen LogP contribution in [0, 0.1) is 5.82 Å². The largest absolute Gasteiger partial charge is 0.386 e. The molecule has 15 heavy (non-hydrogen) atoms. The maximum Gasteiger partial charge on any atom is 0.148 e. The molecule has 1 heterocycles. The molecule has 0 saturated carbocycles. The number of ether oxygens (including phenoxy) is 1. The topological polar surface area (TPSA) is 24.5 Å². The van der Waals surface area contributed by atoms with Crippen molar-refractivity contribution in [1.82, 2.24) is 0 Å². The Morgan fingerprint density at radius 2 is 2.07 bits per heavy atom. The monoisotopic (exact) mass is 210 g/mol. The number of morpholine rings is 1. The van der Waals surface area contributed by atoms with Gasteiger partial charge in [-0.25, -0.2) is 4.39 Å². The third-order valence-corrected chi connectivity index (χ3v) is 2.60. The first kappa shape index (κ1) is 10.2. The van der Waals surface area contributed by atoms with Crippen LogP contribution in [0.2, 0.25) is 0 Å². The lowest BCUT2D eigenvalue weighted by Crippen LogP contribution is -2.36. The van der Waals surface area contributed by atoms with Crippen LogP contribution in [-0.2, 0) is 4.74 Å². The molecule has 0 amide bonds. The van der Waals surface area contributed by atoms with E-state index in [2.05, 4.69) is 10.2 Å². The highest BCUT2D eigenvalue weighted by atomic mass is 19.1. The van der Waals surface area contributed by atoms with Crippen LogP contribution in [0.5, 0.6) is 0 Å². The SMILES string of the molecule is CNc1ccc(N2CCOCC2)cc1F. The molecule has 0 unspecified atom stereocenters. The van der Waals surface area contributed by atoms with E-state index >= 15 is 0 Å². The molecule has 3 nitrogen and oxygen atoms in total. The minimum atomic E-state index is -0.207. The fraction of sp³-hybridized carbons (Fsp3) is 0.455. The third kappa shape index (κ3) is 2.21. The molecule has 2 rings (SSSR count). The fourth-order valence-electron chi connectivity index (χ4n) is 1.73. The van der Waals surface area contributed by atoms with Crippen molar-refractivity contribution >= 4 is 11.4 Å². The van der Waals surface area contributed by atoms with E-state index in [0.717, 1.165) is 32.0 Å². The summed E-state index contributed by atoms with van der Waals surface area (Å²) in [7, 11) is 1.72. The van der Waals surface area contributed by atoms with Crippen LogP contribution in [0.15, 0.2) is 18.2 Å². The lowest BCUT2D eigenvalue weighted by atomic mass is 10.2. The number of nitrogens with zero attached hydrogens (tertiary/aromatic N) is 1. The molecule has 0 spiro atoms. The summed E-state index contributed by atoms with van der Waals surface area (Å²) in [5.74, 6) is -0.207. The minimum absolute atomic E-state index is 0.207. The van der Waals surface area contributed by atoms with Crippen molar-refractivity contribution in [1.29, 1.82) is 0 Å². The highest BCUT2D eigenvalue weighted by Crippen LogP contribution is 2.22. The molecule has 82 valence electrons. The molecule has 1 saturated heterocycles. The summed E-state index contributed by atoms with van der Waals surface area (Å²) in [5.41, 5.74) is 1.46. The van der Waals surface area contributed by atoms with Gasteiger partial charge in [0.1, 0.15) is 5.82 Å². The molecule has 1 aliphatic rings. The summed E-state index contributed by atoms with van der Waals surface area (Å²) < 4.78 is 18.7. The number of anilines is 2. The summed E-state index contributed by atoms with van der Waals surface area (Å²) in [6, 6.07) is 5.26.